The van der Waals surface area contributed by atoms with Gasteiger partial charge in [-0.3, -0.25) is 0 Å². The van der Waals surface area contributed by atoms with Crippen LogP contribution in [-0.2, 0) is 9.47 Å². The summed E-state index contributed by atoms with van der Waals surface area (Å²) in [5.41, 5.74) is -0.381. The van der Waals surface area contributed by atoms with E-state index < -0.39 is 10.2 Å². The summed E-state index contributed by atoms with van der Waals surface area (Å²) in [6.07, 6.45) is 3.73. The number of fused-ring (bicyclic) bond motifs is 1. The Bertz CT molecular complexity index is 352. The number of nitrogens with zero attached hydrogens (tertiary/aromatic N) is 2. The van der Waals surface area contributed by atoms with Gasteiger partial charge in [-0.05, 0) is 25.7 Å². The molecule has 1 saturated heterocycles. The fourth-order valence-electron chi connectivity index (χ4n) is 2.63. The van der Waals surface area contributed by atoms with Crippen molar-refractivity contribution in [3.8, 4) is 0 Å². The molecule has 0 bridgehead atoms. The third-order valence-electron chi connectivity index (χ3n) is 3.62. The van der Waals surface area contributed by atoms with E-state index in [1.54, 1.807) is 0 Å². The van der Waals surface area contributed by atoms with Gasteiger partial charge in [0, 0.05) is 0 Å². The average molecular weight is 296 g/mol. The van der Waals surface area contributed by atoms with Crippen molar-refractivity contribution in [1.29, 1.82) is 0 Å². The first-order chi connectivity index (χ1) is 9.26. The van der Waals surface area contributed by atoms with E-state index in [0.717, 1.165) is 25.7 Å². The van der Waals surface area contributed by atoms with Gasteiger partial charge in [0.05, 0.1) is 24.9 Å². The molecule has 20 heavy (non-hydrogen) atoms. The quantitative estimate of drug-likeness (QED) is 0.404. The Kier molecular flexibility index (Phi) is 5.03. The predicted octanol–water partition coefficient (Wildman–Crippen LogP) is -0.236. The lowest BCUT2D eigenvalue weighted by Gasteiger charge is -2.53. The summed E-state index contributed by atoms with van der Waals surface area (Å²) >= 11 is 0. The van der Waals surface area contributed by atoms with Gasteiger partial charge in [0.1, 0.15) is 5.60 Å². The summed E-state index contributed by atoms with van der Waals surface area (Å²) in [5.74, 6) is 0. The van der Waals surface area contributed by atoms with Gasteiger partial charge in [-0.25, -0.2) is 0 Å². The Hall–Kier alpha value is -1.72. The maximum Gasteiger partial charge on any atom is 0.291 e. The number of hydrogen-bond acceptors (Lipinski definition) is 7. The molecule has 2 saturated carbocycles. The Morgan fingerprint density at radius 3 is 1.70 bits per heavy atom. The zero-order valence-corrected chi connectivity index (χ0v) is 10.5. The maximum atomic E-state index is 9.69. The standard InChI is InChI=1S/C9H14O3.2HNO3/c10-7-1-2-9(7)8(3-4-8)11-5-6-12-9;2*2-1(3)4/h7,10H,1-6H2;2*(H,2,3,4). The fourth-order valence-corrected chi connectivity index (χ4v) is 2.63. The van der Waals surface area contributed by atoms with E-state index in [2.05, 4.69) is 0 Å². The SMILES string of the molecule is O=[N+]([O-])O.O=[N+]([O-])O.OC1CCC12OCCOC21CC1. The Morgan fingerprint density at radius 1 is 1.00 bits per heavy atom. The zero-order valence-electron chi connectivity index (χ0n) is 10.5. The van der Waals surface area contributed by atoms with Gasteiger partial charge in [0.15, 0.2) is 0 Å². The third-order valence-corrected chi connectivity index (χ3v) is 3.62. The molecular weight excluding hydrogens is 280 g/mol. The van der Waals surface area contributed by atoms with Gasteiger partial charge < -0.3 is 25.0 Å². The van der Waals surface area contributed by atoms with Crippen molar-refractivity contribution in [2.75, 3.05) is 13.2 Å². The second-order valence-corrected chi connectivity index (χ2v) is 4.61. The van der Waals surface area contributed by atoms with Gasteiger partial charge in [0.25, 0.3) is 10.2 Å². The lowest BCUT2D eigenvalue weighted by Crippen LogP contribution is -2.66. The first kappa shape index (κ1) is 16.3. The van der Waals surface area contributed by atoms with E-state index in [-0.39, 0.29) is 17.3 Å². The third kappa shape index (κ3) is 3.43. The summed E-state index contributed by atoms with van der Waals surface area (Å²) in [6, 6.07) is 0. The van der Waals surface area contributed by atoms with Crippen LogP contribution in [-0.4, -0.2) is 56.2 Å². The molecular formula is C9H16N2O9. The van der Waals surface area contributed by atoms with Crippen molar-refractivity contribution in [3.05, 3.63) is 20.2 Å². The van der Waals surface area contributed by atoms with E-state index in [1.807, 2.05) is 0 Å². The van der Waals surface area contributed by atoms with Crippen LogP contribution in [0.5, 0.6) is 0 Å². The molecule has 0 amide bonds. The highest BCUT2D eigenvalue weighted by atomic mass is 16.9. The summed E-state index contributed by atoms with van der Waals surface area (Å²) in [7, 11) is 0. The lowest BCUT2D eigenvalue weighted by molar-refractivity contribution is -0.742. The van der Waals surface area contributed by atoms with E-state index >= 15 is 0 Å². The number of hydrogen-bond donors (Lipinski definition) is 3. The molecule has 2 spiro atoms. The summed E-state index contributed by atoms with van der Waals surface area (Å²) in [5, 5.41) is 37.0. The molecule has 0 aromatic rings. The van der Waals surface area contributed by atoms with Crippen LogP contribution in [0.2, 0.25) is 0 Å². The van der Waals surface area contributed by atoms with E-state index in [1.165, 1.54) is 0 Å². The summed E-state index contributed by atoms with van der Waals surface area (Å²) in [6.45, 7) is 1.35. The molecule has 3 aliphatic rings. The van der Waals surface area contributed by atoms with Crippen LogP contribution in [0, 0.1) is 20.2 Å². The minimum atomic E-state index is -1.50. The Labute approximate surface area is 112 Å². The van der Waals surface area contributed by atoms with Crippen LogP contribution in [0.3, 0.4) is 0 Å². The van der Waals surface area contributed by atoms with Gasteiger partial charge >= 0.3 is 0 Å². The smallest absolute Gasteiger partial charge is 0.291 e. The minimum Gasteiger partial charge on any atom is -0.390 e. The van der Waals surface area contributed by atoms with E-state index in [4.69, 9.17) is 40.1 Å². The molecule has 0 radical (unpaired) electrons. The normalized spacial score (nSPS) is 31.9. The number of rotatable bonds is 0. The van der Waals surface area contributed by atoms with Crippen LogP contribution >= 0.6 is 0 Å². The molecule has 2 atom stereocenters. The Balaban J connectivity index is 0.000000212. The summed E-state index contributed by atoms with van der Waals surface area (Å²) < 4.78 is 11.4. The van der Waals surface area contributed by atoms with Gasteiger partial charge in [0.2, 0.25) is 0 Å². The monoisotopic (exact) mass is 296 g/mol. The zero-order chi connectivity index (χ0) is 15.4. The van der Waals surface area contributed by atoms with Gasteiger partial charge in [-0.1, -0.05) is 0 Å². The first-order valence-corrected chi connectivity index (χ1v) is 5.88. The minimum absolute atomic E-state index is 0.0804. The van der Waals surface area contributed by atoms with Crippen molar-refractivity contribution in [2.24, 2.45) is 0 Å². The highest BCUT2D eigenvalue weighted by Gasteiger charge is 2.69. The average Bonchev–Trinajstić information content (AvgIpc) is 3.07. The van der Waals surface area contributed by atoms with Crippen LogP contribution < -0.4 is 0 Å². The van der Waals surface area contributed by atoms with Crippen LogP contribution in [0.1, 0.15) is 25.7 Å². The molecule has 3 rings (SSSR count). The first-order valence-electron chi connectivity index (χ1n) is 5.88. The molecule has 116 valence electrons. The molecule has 3 N–H and O–H groups in total. The molecule has 3 fully saturated rings. The molecule has 0 aromatic carbocycles. The van der Waals surface area contributed by atoms with Crippen molar-refractivity contribution in [3.63, 3.8) is 0 Å². The van der Waals surface area contributed by atoms with Crippen molar-refractivity contribution >= 4 is 0 Å². The largest absolute Gasteiger partial charge is 0.390 e. The van der Waals surface area contributed by atoms with Crippen molar-refractivity contribution in [1.82, 2.24) is 0 Å². The molecule has 11 nitrogen and oxygen atoms in total. The number of aliphatic hydroxyl groups excluding tert-OH is 1. The molecule has 0 aromatic heterocycles. The molecule has 2 unspecified atom stereocenters. The number of aliphatic hydroxyl groups is 1. The molecule has 1 aliphatic heterocycles. The molecule has 1 heterocycles. The maximum absolute atomic E-state index is 9.69. The Morgan fingerprint density at radius 2 is 1.45 bits per heavy atom. The van der Waals surface area contributed by atoms with Crippen LogP contribution in [0.25, 0.3) is 0 Å². The topological polar surface area (TPSA) is 165 Å². The predicted molar refractivity (Wildman–Crippen MR) is 59.4 cm³/mol. The molecule has 11 heteroatoms. The highest BCUT2D eigenvalue weighted by molar-refractivity contribution is 5.20. The van der Waals surface area contributed by atoms with Crippen LogP contribution in [0.4, 0.5) is 0 Å². The second kappa shape index (κ2) is 6.15. The van der Waals surface area contributed by atoms with E-state index in [0.29, 0.717) is 13.2 Å². The molecule has 2 aliphatic carbocycles. The van der Waals surface area contributed by atoms with Crippen LogP contribution in [0.15, 0.2) is 0 Å². The van der Waals surface area contributed by atoms with Gasteiger partial charge in [-0.2, -0.15) is 0 Å². The fraction of sp³-hybridized carbons (Fsp3) is 1.00. The van der Waals surface area contributed by atoms with Gasteiger partial charge in [-0.15, -0.1) is 20.2 Å². The highest BCUT2D eigenvalue weighted by Crippen LogP contribution is 2.59. The second-order valence-electron chi connectivity index (χ2n) is 4.61. The summed E-state index contributed by atoms with van der Waals surface area (Å²) in [4.78, 5) is 16.7. The lowest BCUT2D eigenvalue weighted by atomic mass is 9.70. The number of ether oxygens (including phenoxy) is 2. The van der Waals surface area contributed by atoms with Crippen molar-refractivity contribution in [2.45, 2.75) is 43.0 Å². The van der Waals surface area contributed by atoms with E-state index in [9.17, 15) is 5.11 Å². The van der Waals surface area contributed by atoms with Crippen molar-refractivity contribution < 1.29 is 35.2 Å².